The second-order valence-corrected chi connectivity index (χ2v) is 7.34. The van der Waals surface area contributed by atoms with Crippen LogP contribution in [0.4, 0.5) is 17.5 Å². The number of phenolic OH excluding ortho intramolecular Hbond substituents is 1. The Bertz CT molecular complexity index is 1270. The third-order valence-electron chi connectivity index (χ3n) is 5.46. The molecule has 3 heterocycles. The minimum absolute atomic E-state index is 0.262. The van der Waals surface area contributed by atoms with Crippen LogP contribution in [0.1, 0.15) is 5.56 Å². The van der Waals surface area contributed by atoms with Crippen LogP contribution in [-0.2, 0) is 0 Å². The molecule has 1 aliphatic rings. The van der Waals surface area contributed by atoms with Crippen LogP contribution in [0.25, 0.3) is 16.9 Å². The van der Waals surface area contributed by atoms with E-state index in [0.717, 1.165) is 37.6 Å². The molecule has 4 aromatic rings. The number of benzene rings is 2. The number of aromatic nitrogens is 4. The fraction of sp³-hybridized carbons (Fsp3) is 0.182. The fourth-order valence-electron chi connectivity index (χ4n) is 3.76. The standard InChI is InChI=1S/C22H20N8O/c23-13-15-1-3-17(4-2-15)30-14-25-19-20(24)26-22(27-21(19)30)29-11-9-28(10-12-29)16-5-7-18(31)8-6-16/h1-8,14,31H,9-12H2,(H2,24,26,27). The van der Waals surface area contributed by atoms with Crippen molar-refractivity contribution in [2.24, 2.45) is 0 Å². The summed E-state index contributed by atoms with van der Waals surface area (Å²) in [6, 6.07) is 16.6. The monoisotopic (exact) mass is 412 g/mol. The van der Waals surface area contributed by atoms with E-state index in [0.29, 0.717) is 28.5 Å². The average Bonchev–Trinajstić information content (AvgIpc) is 3.24. The van der Waals surface area contributed by atoms with E-state index in [1.807, 2.05) is 28.8 Å². The van der Waals surface area contributed by atoms with Gasteiger partial charge in [-0.2, -0.15) is 15.2 Å². The van der Waals surface area contributed by atoms with Gasteiger partial charge in [-0.25, -0.2) is 4.98 Å². The van der Waals surface area contributed by atoms with Crippen molar-refractivity contribution in [2.75, 3.05) is 41.7 Å². The molecule has 0 radical (unpaired) electrons. The smallest absolute Gasteiger partial charge is 0.229 e. The molecule has 0 atom stereocenters. The second-order valence-electron chi connectivity index (χ2n) is 7.34. The van der Waals surface area contributed by atoms with Gasteiger partial charge in [0.2, 0.25) is 5.95 Å². The maximum absolute atomic E-state index is 9.50. The summed E-state index contributed by atoms with van der Waals surface area (Å²) < 4.78 is 1.85. The predicted octanol–water partition coefficient (Wildman–Crippen LogP) is 2.30. The average molecular weight is 412 g/mol. The molecule has 0 aliphatic carbocycles. The largest absolute Gasteiger partial charge is 0.508 e. The number of phenols is 1. The fourth-order valence-corrected chi connectivity index (χ4v) is 3.76. The van der Waals surface area contributed by atoms with E-state index in [-0.39, 0.29) is 5.75 Å². The summed E-state index contributed by atoms with van der Waals surface area (Å²) in [6.45, 7) is 3.11. The number of anilines is 3. The number of nitrogens with zero attached hydrogens (tertiary/aromatic N) is 7. The van der Waals surface area contributed by atoms with Gasteiger partial charge in [0.25, 0.3) is 0 Å². The molecule has 1 fully saturated rings. The molecule has 0 unspecified atom stereocenters. The first-order valence-electron chi connectivity index (χ1n) is 9.92. The van der Waals surface area contributed by atoms with Crippen LogP contribution in [0.15, 0.2) is 54.9 Å². The zero-order chi connectivity index (χ0) is 21.4. The van der Waals surface area contributed by atoms with Gasteiger partial charge in [-0.3, -0.25) is 4.57 Å². The molecule has 9 nitrogen and oxygen atoms in total. The lowest BCUT2D eigenvalue weighted by Gasteiger charge is -2.36. The van der Waals surface area contributed by atoms with Crippen molar-refractivity contribution in [1.82, 2.24) is 19.5 Å². The van der Waals surface area contributed by atoms with Gasteiger partial charge < -0.3 is 20.6 Å². The highest BCUT2D eigenvalue weighted by Gasteiger charge is 2.22. The van der Waals surface area contributed by atoms with Crippen molar-refractivity contribution in [3.8, 4) is 17.5 Å². The van der Waals surface area contributed by atoms with E-state index in [1.165, 1.54) is 0 Å². The van der Waals surface area contributed by atoms with Crippen molar-refractivity contribution in [3.05, 3.63) is 60.4 Å². The molecule has 2 aromatic carbocycles. The van der Waals surface area contributed by atoms with E-state index in [9.17, 15) is 5.11 Å². The quantitative estimate of drug-likeness (QED) is 0.526. The summed E-state index contributed by atoms with van der Waals surface area (Å²) in [5, 5.41) is 18.5. The number of nitrogens with two attached hydrogens (primary N) is 1. The zero-order valence-corrected chi connectivity index (χ0v) is 16.7. The van der Waals surface area contributed by atoms with E-state index in [4.69, 9.17) is 16.0 Å². The van der Waals surface area contributed by atoms with E-state index in [1.54, 1.807) is 30.6 Å². The first kappa shape index (κ1) is 18.7. The predicted molar refractivity (Wildman–Crippen MR) is 118 cm³/mol. The van der Waals surface area contributed by atoms with Crippen molar-refractivity contribution in [2.45, 2.75) is 0 Å². The molecule has 154 valence electrons. The highest BCUT2D eigenvalue weighted by molar-refractivity contribution is 5.84. The highest BCUT2D eigenvalue weighted by atomic mass is 16.3. The Kier molecular flexibility index (Phi) is 4.52. The zero-order valence-electron chi connectivity index (χ0n) is 16.7. The Morgan fingerprint density at radius 3 is 2.19 bits per heavy atom. The van der Waals surface area contributed by atoms with Crippen LogP contribution in [0.2, 0.25) is 0 Å². The molecule has 0 amide bonds. The van der Waals surface area contributed by atoms with Gasteiger partial charge in [-0.15, -0.1) is 0 Å². The number of hydrogen-bond donors (Lipinski definition) is 2. The second kappa shape index (κ2) is 7.50. The minimum atomic E-state index is 0.262. The van der Waals surface area contributed by atoms with Crippen molar-refractivity contribution in [3.63, 3.8) is 0 Å². The number of fused-ring (bicyclic) bond motifs is 1. The van der Waals surface area contributed by atoms with Crippen LogP contribution in [0, 0.1) is 11.3 Å². The summed E-state index contributed by atoms with van der Waals surface area (Å²) in [4.78, 5) is 18.0. The first-order chi connectivity index (χ1) is 15.1. The molecule has 2 aromatic heterocycles. The molecule has 9 heteroatoms. The van der Waals surface area contributed by atoms with E-state index < -0.39 is 0 Å². The van der Waals surface area contributed by atoms with E-state index in [2.05, 4.69) is 25.8 Å². The maximum Gasteiger partial charge on any atom is 0.229 e. The number of hydrogen-bond acceptors (Lipinski definition) is 8. The molecule has 0 spiro atoms. The van der Waals surface area contributed by atoms with Crippen LogP contribution >= 0.6 is 0 Å². The Balaban J connectivity index is 1.41. The van der Waals surface area contributed by atoms with Crippen LogP contribution in [-0.4, -0.2) is 50.8 Å². The first-order valence-corrected chi connectivity index (χ1v) is 9.92. The molecule has 0 saturated carbocycles. The van der Waals surface area contributed by atoms with Gasteiger partial charge in [0, 0.05) is 37.6 Å². The van der Waals surface area contributed by atoms with Gasteiger partial charge in [-0.05, 0) is 48.5 Å². The molecular weight excluding hydrogens is 392 g/mol. The van der Waals surface area contributed by atoms with Gasteiger partial charge in [0.1, 0.15) is 12.1 Å². The van der Waals surface area contributed by atoms with Crippen LogP contribution < -0.4 is 15.5 Å². The molecule has 0 bridgehead atoms. The Hall–Kier alpha value is -4.32. The normalized spacial score (nSPS) is 14.0. The lowest BCUT2D eigenvalue weighted by atomic mass is 10.2. The Morgan fingerprint density at radius 1 is 0.871 bits per heavy atom. The number of piperazine rings is 1. The van der Waals surface area contributed by atoms with Gasteiger partial charge in [-0.1, -0.05) is 0 Å². The highest BCUT2D eigenvalue weighted by Crippen LogP contribution is 2.25. The summed E-state index contributed by atoms with van der Waals surface area (Å²) in [5.74, 6) is 1.18. The van der Waals surface area contributed by atoms with Crippen molar-refractivity contribution in [1.29, 1.82) is 5.26 Å². The van der Waals surface area contributed by atoms with Crippen LogP contribution in [0.5, 0.6) is 5.75 Å². The molecule has 1 aliphatic heterocycles. The third-order valence-corrected chi connectivity index (χ3v) is 5.46. The van der Waals surface area contributed by atoms with Crippen LogP contribution in [0.3, 0.4) is 0 Å². The minimum Gasteiger partial charge on any atom is -0.508 e. The lowest BCUT2D eigenvalue weighted by molar-refractivity contribution is 0.475. The lowest BCUT2D eigenvalue weighted by Crippen LogP contribution is -2.47. The Morgan fingerprint density at radius 2 is 1.52 bits per heavy atom. The molecule has 5 rings (SSSR count). The molecular formula is C22H20N8O. The topological polar surface area (TPSA) is 120 Å². The number of nitrogen functional groups attached to an aromatic ring is 1. The third kappa shape index (κ3) is 3.44. The SMILES string of the molecule is N#Cc1ccc(-n2cnc3c(N)nc(N4CCN(c5ccc(O)cc5)CC4)nc32)cc1. The van der Waals surface area contributed by atoms with Gasteiger partial charge in [0.15, 0.2) is 17.0 Å². The maximum atomic E-state index is 9.50. The number of aromatic hydroxyl groups is 1. The van der Waals surface area contributed by atoms with Gasteiger partial charge >= 0.3 is 0 Å². The summed E-state index contributed by atoms with van der Waals surface area (Å²) in [7, 11) is 0. The van der Waals surface area contributed by atoms with E-state index >= 15 is 0 Å². The molecule has 31 heavy (non-hydrogen) atoms. The summed E-state index contributed by atoms with van der Waals surface area (Å²) in [6.07, 6.45) is 1.67. The number of rotatable bonds is 3. The number of nitriles is 1. The summed E-state index contributed by atoms with van der Waals surface area (Å²) in [5.41, 5.74) is 9.90. The van der Waals surface area contributed by atoms with Crippen molar-refractivity contribution >= 4 is 28.6 Å². The summed E-state index contributed by atoms with van der Waals surface area (Å²) >= 11 is 0. The Labute approximate surface area is 178 Å². The number of imidazole rings is 1. The van der Waals surface area contributed by atoms with Crippen molar-refractivity contribution < 1.29 is 5.11 Å². The molecule has 1 saturated heterocycles. The molecule has 3 N–H and O–H groups in total. The van der Waals surface area contributed by atoms with Gasteiger partial charge in [0.05, 0.1) is 11.6 Å².